The lowest BCUT2D eigenvalue weighted by atomic mass is 10.1. The number of aromatic nitrogens is 2. The molecule has 13 heavy (non-hydrogen) atoms. The lowest BCUT2D eigenvalue weighted by Gasteiger charge is -2.01. The second-order valence-corrected chi connectivity index (χ2v) is 2.80. The molecule has 1 radical (unpaired) electrons. The highest BCUT2D eigenvalue weighted by Crippen LogP contribution is 2.16. The second-order valence-electron chi connectivity index (χ2n) is 2.80. The third kappa shape index (κ3) is 1.56. The van der Waals surface area contributed by atoms with E-state index in [1.165, 1.54) is 0 Å². The Bertz CT molecular complexity index is 396. The van der Waals surface area contributed by atoms with Gasteiger partial charge in [-0.15, -0.1) is 0 Å². The normalized spacial score (nSPS) is 9.92. The van der Waals surface area contributed by atoms with Crippen LogP contribution in [0.5, 0.6) is 0 Å². The molecular formula is C11H9N2. The Morgan fingerprint density at radius 1 is 1.15 bits per heavy atom. The summed E-state index contributed by atoms with van der Waals surface area (Å²) in [5, 5.41) is 0. The number of nitrogens with zero attached hydrogens (tertiary/aromatic N) is 2. The van der Waals surface area contributed by atoms with E-state index in [4.69, 9.17) is 0 Å². The lowest BCUT2D eigenvalue weighted by molar-refractivity contribution is 1.17. The van der Waals surface area contributed by atoms with E-state index in [1.807, 2.05) is 31.2 Å². The van der Waals surface area contributed by atoms with E-state index in [-0.39, 0.29) is 0 Å². The van der Waals surface area contributed by atoms with Crippen LogP contribution in [-0.4, -0.2) is 9.97 Å². The smallest absolute Gasteiger partial charge is 0.159 e. The average molecular weight is 169 g/mol. The summed E-state index contributed by atoms with van der Waals surface area (Å²) >= 11 is 0. The molecule has 0 saturated heterocycles. The molecule has 0 saturated carbocycles. The van der Waals surface area contributed by atoms with Crippen molar-refractivity contribution in [1.29, 1.82) is 0 Å². The Hall–Kier alpha value is -1.70. The summed E-state index contributed by atoms with van der Waals surface area (Å²) in [4.78, 5) is 8.33. The van der Waals surface area contributed by atoms with E-state index in [2.05, 4.69) is 16.0 Å². The highest BCUT2D eigenvalue weighted by molar-refractivity contribution is 5.58. The SMILES string of the molecule is Cc1ccc[c]c1-c1ncccn1. The van der Waals surface area contributed by atoms with Crippen molar-refractivity contribution in [2.45, 2.75) is 6.92 Å². The molecule has 0 unspecified atom stereocenters. The monoisotopic (exact) mass is 169 g/mol. The van der Waals surface area contributed by atoms with Gasteiger partial charge in [-0.3, -0.25) is 0 Å². The largest absolute Gasteiger partial charge is 0.237 e. The van der Waals surface area contributed by atoms with E-state index >= 15 is 0 Å². The summed E-state index contributed by atoms with van der Waals surface area (Å²) in [6.07, 6.45) is 3.48. The van der Waals surface area contributed by atoms with Crippen molar-refractivity contribution in [2.24, 2.45) is 0 Å². The summed E-state index contributed by atoms with van der Waals surface area (Å²) in [6.45, 7) is 2.03. The van der Waals surface area contributed by atoms with Crippen LogP contribution in [0.2, 0.25) is 0 Å². The Kier molecular flexibility index (Phi) is 2.04. The minimum atomic E-state index is 0.737. The number of rotatable bonds is 1. The molecule has 2 rings (SSSR count). The van der Waals surface area contributed by atoms with Crippen molar-refractivity contribution < 1.29 is 0 Å². The van der Waals surface area contributed by atoms with E-state index in [0.717, 1.165) is 17.0 Å². The fraction of sp³-hybridized carbons (Fsp3) is 0.0909. The molecule has 1 heterocycles. The van der Waals surface area contributed by atoms with Gasteiger partial charge >= 0.3 is 0 Å². The van der Waals surface area contributed by atoms with E-state index < -0.39 is 0 Å². The molecule has 0 atom stereocenters. The van der Waals surface area contributed by atoms with Gasteiger partial charge in [-0.1, -0.05) is 18.2 Å². The van der Waals surface area contributed by atoms with Crippen LogP contribution in [0.25, 0.3) is 11.4 Å². The number of benzene rings is 1. The molecule has 2 nitrogen and oxygen atoms in total. The predicted octanol–water partition coefficient (Wildman–Crippen LogP) is 2.25. The number of aryl methyl sites for hydroxylation is 1. The maximum Gasteiger partial charge on any atom is 0.159 e. The van der Waals surface area contributed by atoms with Gasteiger partial charge in [0.2, 0.25) is 0 Å². The summed E-state index contributed by atoms with van der Waals surface area (Å²) < 4.78 is 0. The zero-order chi connectivity index (χ0) is 9.10. The van der Waals surface area contributed by atoms with Gasteiger partial charge in [-0.2, -0.15) is 0 Å². The summed E-state index contributed by atoms with van der Waals surface area (Å²) in [5.41, 5.74) is 2.12. The molecule has 2 heteroatoms. The Labute approximate surface area is 77.3 Å². The molecular weight excluding hydrogens is 160 g/mol. The molecule has 0 aliphatic carbocycles. The van der Waals surface area contributed by atoms with Crippen LogP contribution >= 0.6 is 0 Å². The van der Waals surface area contributed by atoms with Gasteiger partial charge in [0.25, 0.3) is 0 Å². The summed E-state index contributed by atoms with van der Waals surface area (Å²) in [5.74, 6) is 0.737. The molecule has 63 valence electrons. The first-order chi connectivity index (χ1) is 6.38. The molecule has 0 aliphatic rings. The molecule has 0 fully saturated rings. The Morgan fingerprint density at radius 3 is 2.62 bits per heavy atom. The summed E-state index contributed by atoms with van der Waals surface area (Å²) in [7, 11) is 0. The maximum absolute atomic E-state index is 4.17. The number of hydrogen-bond donors (Lipinski definition) is 0. The van der Waals surface area contributed by atoms with E-state index in [0.29, 0.717) is 0 Å². The quantitative estimate of drug-likeness (QED) is 0.654. The molecule has 2 aromatic rings. The zero-order valence-electron chi connectivity index (χ0n) is 7.36. The fourth-order valence-electron chi connectivity index (χ4n) is 1.19. The summed E-state index contributed by atoms with van der Waals surface area (Å²) in [6, 6.07) is 10.8. The zero-order valence-corrected chi connectivity index (χ0v) is 7.36. The molecule has 0 bridgehead atoms. The average Bonchev–Trinajstić information content (AvgIpc) is 2.20. The minimum Gasteiger partial charge on any atom is -0.237 e. The van der Waals surface area contributed by atoms with Crippen LogP contribution in [0.4, 0.5) is 0 Å². The van der Waals surface area contributed by atoms with Crippen molar-refractivity contribution in [3.05, 3.63) is 48.3 Å². The lowest BCUT2D eigenvalue weighted by Crippen LogP contribution is -1.89. The highest BCUT2D eigenvalue weighted by Gasteiger charge is 2.01. The highest BCUT2D eigenvalue weighted by atomic mass is 14.8. The van der Waals surface area contributed by atoms with Crippen molar-refractivity contribution in [2.75, 3.05) is 0 Å². The van der Waals surface area contributed by atoms with Crippen molar-refractivity contribution >= 4 is 0 Å². The van der Waals surface area contributed by atoms with Gasteiger partial charge in [-0.25, -0.2) is 9.97 Å². The van der Waals surface area contributed by atoms with E-state index in [1.54, 1.807) is 12.4 Å². The van der Waals surface area contributed by atoms with Crippen LogP contribution in [0.3, 0.4) is 0 Å². The van der Waals surface area contributed by atoms with Crippen molar-refractivity contribution in [1.82, 2.24) is 9.97 Å². The molecule has 0 aliphatic heterocycles. The topological polar surface area (TPSA) is 25.8 Å². The van der Waals surface area contributed by atoms with Gasteiger partial charge in [0, 0.05) is 18.0 Å². The molecule has 0 amide bonds. The standard InChI is InChI=1S/C11H9N2/c1-9-5-2-3-6-10(9)11-12-7-4-8-13-11/h2-5,7-8H,1H3. The predicted molar refractivity (Wildman–Crippen MR) is 51.0 cm³/mol. The Balaban J connectivity index is 2.54. The van der Waals surface area contributed by atoms with Crippen molar-refractivity contribution in [3.63, 3.8) is 0 Å². The third-order valence-corrected chi connectivity index (χ3v) is 1.85. The van der Waals surface area contributed by atoms with E-state index in [9.17, 15) is 0 Å². The van der Waals surface area contributed by atoms with Gasteiger partial charge in [0.1, 0.15) is 0 Å². The number of hydrogen-bond acceptors (Lipinski definition) is 2. The minimum absolute atomic E-state index is 0.737. The van der Waals surface area contributed by atoms with Gasteiger partial charge in [0.15, 0.2) is 5.82 Å². The molecule has 0 N–H and O–H groups in total. The van der Waals surface area contributed by atoms with Gasteiger partial charge < -0.3 is 0 Å². The second kappa shape index (κ2) is 3.35. The maximum atomic E-state index is 4.17. The van der Waals surface area contributed by atoms with Crippen LogP contribution in [0, 0.1) is 13.0 Å². The van der Waals surface area contributed by atoms with Crippen molar-refractivity contribution in [3.8, 4) is 11.4 Å². The fourth-order valence-corrected chi connectivity index (χ4v) is 1.19. The van der Waals surface area contributed by atoms with Crippen LogP contribution < -0.4 is 0 Å². The first kappa shape index (κ1) is 7.92. The van der Waals surface area contributed by atoms with Crippen LogP contribution in [0.15, 0.2) is 36.7 Å². The first-order valence-corrected chi connectivity index (χ1v) is 4.12. The van der Waals surface area contributed by atoms with Gasteiger partial charge in [-0.05, 0) is 24.6 Å². The Morgan fingerprint density at radius 2 is 1.92 bits per heavy atom. The molecule has 1 aromatic carbocycles. The van der Waals surface area contributed by atoms with Gasteiger partial charge in [0.05, 0.1) is 0 Å². The third-order valence-electron chi connectivity index (χ3n) is 1.85. The van der Waals surface area contributed by atoms with Crippen LogP contribution in [-0.2, 0) is 0 Å². The molecule has 0 spiro atoms. The van der Waals surface area contributed by atoms with Crippen LogP contribution in [0.1, 0.15) is 5.56 Å². The first-order valence-electron chi connectivity index (χ1n) is 4.12. The molecule has 1 aromatic heterocycles.